The first-order chi connectivity index (χ1) is 5.65. The highest BCUT2D eigenvalue weighted by Crippen LogP contribution is 2.13. The van der Waals surface area contributed by atoms with Crippen LogP contribution in [0.15, 0.2) is 17.1 Å². The van der Waals surface area contributed by atoms with E-state index in [0.717, 1.165) is 0 Å². The molecule has 0 N–H and O–H groups in total. The molecule has 1 aromatic rings. The van der Waals surface area contributed by atoms with Gasteiger partial charge < -0.3 is 0 Å². The van der Waals surface area contributed by atoms with Crippen molar-refractivity contribution >= 4 is 6.21 Å². The zero-order valence-corrected chi connectivity index (χ0v) is 8.18. The maximum atomic E-state index is 4.02. The second-order valence-corrected chi connectivity index (χ2v) is 3.18. The average Bonchev–Trinajstić information content (AvgIpc) is 2.00. The van der Waals surface area contributed by atoms with Gasteiger partial charge in [0.1, 0.15) is 0 Å². The van der Waals surface area contributed by atoms with Crippen LogP contribution in [0.1, 0.15) is 23.7 Å². The maximum Gasteiger partial charge on any atom is 0.0284 e. The minimum absolute atomic E-state index is 0. The normalized spacial score (nSPS) is 11.0. The van der Waals surface area contributed by atoms with E-state index in [2.05, 4.69) is 37.9 Å². The largest absolute Gasteiger partial charge is 0.296 e. The predicted octanol–water partition coefficient (Wildman–Crippen LogP) is 2.91. The van der Waals surface area contributed by atoms with E-state index in [1.165, 1.54) is 22.3 Å². The minimum Gasteiger partial charge on any atom is -0.296 e. The zero-order valence-electron chi connectivity index (χ0n) is 8.18. The molecular weight excluding hydrogens is 146 g/mol. The number of aryl methyl sites for hydroxylation is 2. The Kier molecular flexibility index (Phi) is 2.64. The molecular formula is C11H17N. The molecule has 1 heteroatoms. The highest BCUT2D eigenvalue weighted by Gasteiger charge is 1.98. The molecule has 0 spiro atoms. The molecule has 0 amide bonds. The number of nitrogens with zero attached hydrogens (tertiary/aromatic N) is 1. The van der Waals surface area contributed by atoms with Gasteiger partial charge in [-0.25, -0.2) is 0 Å². The van der Waals surface area contributed by atoms with Gasteiger partial charge in [-0.05, 0) is 37.5 Å². The summed E-state index contributed by atoms with van der Waals surface area (Å²) in [5, 5.41) is 0. The lowest BCUT2D eigenvalue weighted by molar-refractivity contribution is 1.28. The third-order valence-corrected chi connectivity index (χ3v) is 2.12. The fourth-order valence-corrected chi connectivity index (χ4v) is 1.35. The molecule has 1 nitrogen and oxygen atoms in total. The van der Waals surface area contributed by atoms with Crippen molar-refractivity contribution in [3.05, 3.63) is 34.4 Å². The third-order valence-electron chi connectivity index (χ3n) is 2.12. The first-order valence-electron chi connectivity index (χ1n) is 4.15. The summed E-state index contributed by atoms with van der Waals surface area (Å²) in [6.07, 6.45) is 1.91. The van der Waals surface area contributed by atoms with Crippen molar-refractivity contribution < 1.29 is 1.43 Å². The van der Waals surface area contributed by atoms with Gasteiger partial charge >= 0.3 is 0 Å². The van der Waals surface area contributed by atoms with Gasteiger partial charge in [0.05, 0.1) is 0 Å². The molecule has 0 saturated heterocycles. The van der Waals surface area contributed by atoms with Crippen LogP contribution < -0.4 is 0 Å². The number of hydrogen-bond donors (Lipinski definition) is 0. The Labute approximate surface area is 75.6 Å². The average molecular weight is 163 g/mol. The standard InChI is InChI=1S/C11H15N.H2/c1-8-5-9(2)10(3)11(6-8)7-12-4;/h5-7H,1-4H3;1H. The van der Waals surface area contributed by atoms with Gasteiger partial charge in [-0.15, -0.1) is 0 Å². The Bertz CT molecular complexity index is 316. The van der Waals surface area contributed by atoms with E-state index in [9.17, 15) is 0 Å². The highest BCUT2D eigenvalue weighted by atomic mass is 14.6. The SMILES string of the molecule is CN=Cc1cc(C)cc(C)c1C.[HH]. The lowest BCUT2D eigenvalue weighted by atomic mass is 10.0. The molecule has 1 rings (SSSR count). The van der Waals surface area contributed by atoms with E-state index in [1.807, 2.05) is 6.21 Å². The molecule has 0 atom stereocenters. The summed E-state index contributed by atoms with van der Waals surface area (Å²) in [5.74, 6) is 0. The lowest BCUT2D eigenvalue weighted by Gasteiger charge is -2.05. The second kappa shape index (κ2) is 3.53. The fourth-order valence-electron chi connectivity index (χ4n) is 1.35. The van der Waals surface area contributed by atoms with Crippen LogP contribution in [-0.4, -0.2) is 13.3 Å². The summed E-state index contributed by atoms with van der Waals surface area (Å²) in [6, 6.07) is 4.36. The van der Waals surface area contributed by atoms with Crippen molar-refractivity contribution in [3.63, 3.8) is 0 Å². The molecule has 0 fully saturated rings. The monoisotopic (exact) mass is 163 g/mol. The van der Waals surface area contributed by atoms with Crippen LogP contribution >= 0.6 is 0 Å². The molecule has 0 saturated carbocycles. The van der Waals surface area contributed by atoms with Crippen molar-refractivity contribution in [2.24, 2.45) is 4.99 Å². The quantitative estimate of drug-likeness (QED) is 0.564. The Hall–Kier alpha value is -1.11. The van der Waals surface area contributed by atoms with E-state index in [-0.39, 0.29) is 1.43 Å². The second-order valence-electron chi connectivity index (χ2n) is 3.18. The van der Waals surface area contributed by atoms with E-state index < -0.39 is 0 Å². The van der Waals surface area contributed by atoms with Gasteiger partial charge in [-0.2, -0.15) is 0 Å². The highest BCUT2D eigenvalue weighted by molar-refractivity contribution is 5.82. The van der Waals surface area contributed by atoms with Gasteiger partial charge in [-0.3, -0.25) is 4.99 Å². The predicted molar refractivity (Wildman–Crippen MR) is 56.3 cm³/mol. The Morgan fingerprint density at radius 1 is 1.25 bits per heavy atom. The Morgan fingerprint density at radius 2 is 1.92 bits per heavy atom. The van der Waals surface area contributed by atoms with Crippen LogP contribution in [0.4, 0.5) is 0 Å². The van der Waals surface area contributed by atoms with Gasteiger partial charge in [0, 0.05) is 14.7 Å². The van der Waals surface area contributed by atoms with Gasteiger partial charge in [0.15, 0.2) is 0 Å². The number of hydrogen-bond acceptors (Lipinski definition) is 1. The van der Waals surface area contributed by atoms with Crippen molar-refractivity contribution in [2.75, 3.05) is 7.05 Å². The van der Waals surface area contributed by atoms with Crippen LogP contribution in [-0.2, 0) is 0 Å². The molecule has 0 aromatic heterocycles. The van der Waals surface area contributed by atoms with E-state index in [4.69, 9.17) is 0 Å². The molecule has 0 aliphatic rings. The third kappa shape index (κ3) is 1.73. The minimum atomic E-state index is 0. The smallest absolute Gasteiger partial charge is 0.0284 e. The molecule has 0 bridgehead atoms. The maximum absolute atomic E-state index is 4.02. The molecule has 0 aliphatic carbocycles. The summed E-state index contributed by atoms with van der Waals surface area (Å²) in [6.45, 7) is 6.38. The lowest BCUT2D eigenvalue weighted by Crippen LogP contribution is -1.92. The van der Waals surface area contributed by atoms with Crippen molar-refractivity contribution in [3.8, 4) is 0 Å². The van der Waals surface area contributed by atoms with Crippen LogP contribution in [0.5, 0.6) is 0 Å². The molecule has 0 aliphatic heterocycles. The zero-order chi connectivity index (χ0) is 9.14. The molecule has 0 unspecified atom stereocenters. The number of aliphatic imine (C=N–C) groups is 1. The molecule has 1 aromatic carbocycles. The van der Waals surface area contributed by atoms with Crippen LogP contribution in [0.3, 0.4) is 0 Å². The summed E-state index contributed by atoms with van der Waals surface area (Å²) >= 11 is 0. The van der Waals surface area contributed by atoms with Crippen molar-refractivity contribution in [1.29, 1.82) is 0 Å². The molecule has 12 heavy (non-hydrogen) atoms. The fraction of sp³-hybridized carbons (Fsp3) is 0.364. The van der Waals surface area contributed by atoms with Crippen molar-refractivity contribution in [2.45, 2.75) is 20.8 Å². The van der Waals surface area contributed by atoms with E-state index in [1.54, 1.807) is 7.05 Å². The van der Waals surface area contributed by atoms with E-state index in [0.29, 0.717) is 0 Å². The first-order valence-corrected chi connectivity index (χ1v) is 4.15. The summed E-state index contributed by atoms with van der Waals surface area (Å²) in [7, 11) is 1.80. The van der Waals surface area contributed by atoms with Gasteiger partial charge in [0.2, 0.25) is 0 Å². The van der Waals surface area contributed by atoms with Gasteiger partial charge in [-0.1, -0.05) is 17.7 Å². The summed E-state index contributed by atoms with van der Waals surface area (Å²) in [4.78, 5) is 4.02. The van der Waals surface area contributed by atoms with Crippen molar-refractivity contribution in [1.82, 2.24) is 0 Å². The Morgan fingerprint density at radius 3 is 2.50 bits per heavy atom. The van der Waals surface area contributed by atoms with Crippen LogP contribution in [0.2, 0.25) is 0 Å². The number of rotatable bonds is 1. The van der Waals surface area contributed by atoms with Crippen LogP contribution in [0, 0.1) is 20.8 Å². The molecule has 0 radical (unpaired) electrons. The Balaban J connectivity index is 0.00000144. The molecule has 66 valence electrons. The summed E-state index contributed by atoms with van der Waals surface area (Å²) < 4.78 is 0. The van der Waals surface area contributed by atoms with Gasteiger partial charge in [0.25, 0.3) is 0 Å². The summed E-state index contributed by atoms with van der Waals surface area (Å²) in [5.41, 5.74) is 5.19. The van der Waals surface area contributed by atoms with Crippen LogP contribution in [0.25, 0.3) is 0 Å². The number of benzene rings is 1. The topological polar surface area (TPSA) is 12.4 Å². The molecule has 0 heterocycles. The first kappa shape index (κ1) is 8.98. The van der Waals surface area contributed by atoms with E-state index >= 15 is 0 Å².